The molecule has 0 saturated heterocycles. The molecule has 0 unspecified atom stereocenters. The van der Waals surface area contributed by atoms with Crippen LogP contribution in [0.1, 0.15) is 49.0 Å². The van der Waals surface area contributed by atoms with Crippen molar-refractivity contribution in [2.45, 2.75) is 45.7 Å². The van der Waals surface area contributed by atoms with E-state index in [1.54, 1.807) is 24.3 Å². The molecule has 0 bridgehead atoms. The molecule has 7 nitrogen and oxygen atoms in total. The highest BCUT2D eigenvalue weighted by molar-refractivity contribution is 5.95. The molecular formula is C25H31N3O4. The number of fused-ring (bicyclic) bond motifs is 1. The molecule has 170 valence electrons. The third kappa shape index (κ3) is 5.05. The fourth-order valence-corrected chi connectivity index (χ4v) is 4.74. The fraction of sp³-hybridized carbons (Fsp3) is 0.440. The summed E-state index contributed by atoms with van der Waals surface area (Å²) in [6, 6.07) is 12.9. The van der Waals surface area contributed by atoms with Crippen LogP contribution in [-0.4, -0.2) is 36.1 Å². The Morgan fingerprint density at radius 1 is 1.06 bits per heavy atom. The van der Waals surface area contributed by atoms with Crippen LogP contribution < -0.4 is 20.5 Å². The molecule has 3 atom stereocenters. The van der Waals surface area contributed by atoms with Gasteiger partial charge in [0.2, 0.25) is 18.6 Å². The average molecular weight is 438 g/mol. The summed E-state index contributed by atoms with van der Waals surface area (Å²) in [5.41, 5.74) is 7.45. The highest BCUT2D eigenvalue weighted by atomic mass is 16.7. The number of nitrogens with one attached hydrogen (secondary N) is 1. The third-order valence-corrected chi connectivity index (χ3v) is 6.76. The summed E-state index contributed by atoms with van der Waals surface area (Å²) in [6.45, 7) is 5.79. The molecule has 32 heavy (non-hydrogen) atoms. The van der Waals surface area contributed by atoms with E-state index in [2.05, 4.69) is 24.1 Å². The average Bonchev–Trinajstić information content (AvgIpc) is 3.23. The fourth-order valence-electron chi connectivity index (χ4n) is 4.74. The zero-order chi connectivity index (χ0) is 22.7. The van der Waals surface area contributed by atoms with Crippen molar-refractivity contribution in [3.05, 3.63) is 53.6 Å². The number of carbonyl (C=O) groups excluding carboxylic acids is 2. The number of ether oxygens (including phenoxy) is 2. The van der Waals surface area contributed by atoms with Gasteiger partial charge in [-0.3, -0.25) is 14.5 Å². The zero-order valence-corrected chi connectivity index (χ0v) is 18.7. The summed E-state index contributed by atoms with van der Waals surface area (Å²) in [4.78, 5) is 26.5. The van der Waals surface area contributed by atoms with Crippen LogP contribution in [-0.2, 0) is 11.3 Å². The van der Waals surface area contributed by atoms with Gasteiger partial charge in [0.15, 0.2) is 11.5 Å². The number of rotatable bonds is 7. The van der Waals surface area contributed by atoms with Crippen molar-refractivity contribution in [2.75, 3.05) is 18.7 Å². The molecule has 7 heteroatoms. The van der Waals surface area contributed by atoms with Gasteiger partial charge in [-0.2, -0.15) is 0 Å². The van der Waals surface area contributed by atoms with Crippen LogP contribution in [0.25, 0.3) is 0 Å². The lowest BCUT2D eigenvalue weighted by Crippen LogP contribution is -2.46. The van der Waals surface area contributed by atoms with Crippen molar-refractivity contribution in [2.24, 2.45) is 17.6 Å². The SMILES string of the molecule is C[C@H]1[C@H](C)CCC[C@H]1N(CC(=O)Nc1ccc(C(N)=O)cc1)Cc1ccc2c(c1)OCO2. The van der Waals surface area contributed by atoms with E-state index >= 15 is 0 Å². The number of carbonyl (C=O) groups is 2. The van der Waals surface area contributed by atoms with Gasteiger partial charge in [0, 0.05) is 23.8 Å². The monoisotopic (exact) mass is 437 g/mol. The quantitative estimate of drug-likeness (QED) is 0.688. The molecule has 2 aromatic rings. The molecule has 2 amide bonds. The highest BCUT2D eigenvalue weighted by Crippen LogP contribution is 2.36. The number of nitrogens with two attached hydrogens (primary N) is 1. The topological polar surface area (TPSA) is 93.9 Å². The van der Waals surface area contributed by atoms with Crippen LogP contribution in [0.15, 0.2) is 42.5 Å². The van der Waals surface area contributed by atoms with E-state index in [9.17, 15) is 9.59 Å². The first-order valence-corrected chi connectivity index (χ1v) is 11.2. The predicted octanol–water partition coefficient (Wildman–Crippen LogP) is 3.78. The van der Waals surface area contributed by atoms with Gasteiger partial charge in [0.25, 0.3) is 0 Å². The summed E-state index contributed by atoms with van der Waals surface area (Å²) in [5.74, 6) is 2.07. The van der Waals surface area contributed by atoms with E-state index in [0.29, 0.717) is 35.7 Å². The minimum absolute atomic E-state index is 0.0806. The zero-order valence-electron chi connectivity index (χ0n) is 18.7. The first-order chi connectivity index (χ1) is 15.4. The Kier molecular flexibility index (Phi) is 6.65. The molecule has 2 aliphatic rings. The summed E-state index contributed by atoms with van der Waals surface area (Å²) in [7, 11) is 0. The summed E-state index contributed by atoms with van der Waals surface area (Å²) in [6.07, 6.45) is 3.48. The van der Waals surface area contributed by atoms with E-state index < -0.39 is 5.91 Å². The Hall–Kier alpha value is -3.06. The molecule has 1 aliphatic carbocycles. The van der Waals surface area contributed by atoms with Gasteiger partial charge in [0.05, 0.1) is 6.54 Å². The number of nitrogens with zero attached hydrogens (tertiary/aromatic N) is 1. The van der Waals surface area contributed by atoms with Crippen LogP contribution in [0.5, 0.6) is 11.5 Å². The normalized spacial score (nSPS) is 22.0. The summed E-state index contributed by atoms with van der Waals surface area (Å²) in [5, 5.41) is 2.95. The number of hydrogen-bond donors (Lipinski definition) is 2. The largest absolute Gasteiger partial charge is 0.454 e. The first-order valence-electron chi connectivity index (χ1n) is 11.2. The van der Waals surface area contributed by atoms with Crippen molar-refractivity contribution in [1.29, 1.82) is 0 Å². The molecule has 1 saturated carbocycles. The van der Waals surface area contributed by atoms with E-state index in [1.165, 1.54) is 12.8 Å². The van der Waals surface area contributed by atoms with E-state index in [0.717, 1.165) is 23.5 Å². The molecule has 4 rings (SSSR count). The second-order valence-corrected chi connectivity index (χ2v) is 8.92. The summed E-state index contributed by atoms with van der Waals surface area (Å²) >= 11 is 0. The highest BCUT2D eigenvalue weighted by Gasteiger charge is 2.32. The Balaban J connectivity index is 1.49. The molecule has 3 N–H and O–H groups in total. The van der Waals surface area contributed by atoms with E-state index in [4.69, 9.17) is 15.2 Å². The molecule has 0 aromatic heterocycles. The number of primary amides is 1. The second kappa shape index (κ2) is 9.61. The van der Waals surface area contributed by atoms with Crippen LogP contribution in [0.4, 0.5) is 5.69 Å². The number of benzene rings is 2. The predicted molar refractivity (Wildman–Crippen MR) is 123 cm³/mol. The van der Waals surface area contributed by atoms with Crippen LogP contribution in [0.3, 0.4) is 0 Å². The number of hydrogen-bond acceptors (Lipinski definition) is 5. The van der Waals surface area contributed by atoms with Gasteiger partial charge in [-0.15, -0.1) is 0 Å². The maximum atomic E-state index is 13.0. The van der Waals surface area contributed by atoms with Crippen molar-refractivity contribution in [3.8, 4) is 11.5 Å². The summed E-state index contributed by atoms with van der Waals surface area (Å²) < 4.78 is 11.0. The van der Waals surface area contributed by atoms with Gasteiger partial charge < -0.3 is 20.5 Å². The van der Waals surface area contributed by atoms with Crippen molar-refractivity contribution < 1.29 is 19.1 Å². The first kappa shape index (κ1) is 22.1. The van der Waals surface area contributed by atoms with Gasteiger partial charge >= 0.3 is 0 Å². The van der Waals surface area contributed by atoms with E-state index in [-0.39, 0.29) is 19.2 Å². The van der Waals surface area contributed by atoms with Crippen LogP contribution in [0.2, 0.25) is 0 Å². The number of anilines is 1. The molecule has 1 fully saturated rings. The van der Waals surface area contributed by atoms with Crippen molar-refractivity contribution >= 4 is 17.5 Å². The Morgan fingerprint density at radius 2 is 1.81 bits per heavy atom. The van der Waals surface area contributed by atoms with Crippen LogP contribution in [0, 0.1) is 11.8 Å². The smallest absolute Gasteiger partial charge is 0.248 e. The van der Waals surface area contributed by atoms with Crippen molar-refractivity contribution in [1.82, 2.24) is 4.90 Å². The van der Waals surface area contributed by atoms with E-state index in [1.807, 2.05) is 18.2 Å². The van der Waals surface area contributed by atoms with Crippen LogP contribution >= 0.6 is 0 Å². The lowest BCUT2D eigenvalue weighted by atomic mass is 9.77. The Bertz CT molecular complexity index is 976. The molecule has 1 aliphatic heterocycles. The Morgan fingerprint density at radius 3 is 2.56 bits per heavy atom. The molecular weight excluding hydrogens is 406 g/mol. The molecule has 0 radical (unpaired) electrons. The third-order valence-electron chi connectivity index (χ3n) is 6.76. The molecule has 0 spiro atoms. The van der Waals surface area contributed by atoms with Gasteiger partial charge in [-0.05, 0) is 60.2 Å². The van der Waals surface area contributed by atoms with Gasteiger partial charge in [0.1, 0.15) is 0 Å². The maximum absolute atomic E-state index is 13.0. The number of amides is 2. The standard InChI is InChI=1S/C25H31N3O4/c1-16-4-3-5-21(17(16)2)28(13-18-6-11-22-23(12-18)32-15-31-22)14-24(29)27-20-9-7-19(8-10-20)25(26)30/h6-12,16-17,21H,3-5,13-15H2,1-2H3,(H2,26,30)(H,27,29)/t16-,17+,21-/m1/s1. The second-order valence-electron chi connectivity index (χ2n) is 8.92. The van der Waals surface area contributed by atoms with Crippen molar-refractivity contribution in [3.63, 3.8) is 0 Å². The molecule has 1 heterocycles. The minimum Gasteiger partial charge on any atom is -0.454 e. The maximum Gasteiger partial charge on any atom is 0.248 e. The van der Waals surface area contributed by atoms with Gasteiger partial charge in [-0.25, -0.2) is 0 Å². The lowest BCUT2D eigenvalue weighted by molar-refractivity contribution is -0.118. The lowest BCUT2D eigenvalue weighted by Gasteiger charge is -2.41. The molecule has 2 aromatic carbocycles. The Labute approximate surface area is 188 Å². The minimum atomic E-state index is -0.488. The van der Waals surface area contributed by atoms with Gasteiger partial charge in [-0.1, -0.05) is 32.8 Å².